The quantitative estimate of drug-likeness (QED) is 0.448. The van der Waals surface area contributed by atoms with Gasteiger partial charge in [-0.1, -0.05) is 29.5 Å². The van der Waals surface area contributed by atoms with Gasteiger partial charge in [0.05, 0.1) is 28.1 Å². The number of alkyl halides is 3. The van der Waals surface area contributed by atoms with Crippen molar-refractivity contribution in [2.24, 2.45) is 29.6 Å². The first-order chi connectivity index (χ1) is 19.1. The van der Waals surface area contributed by atoms with Crippen molar-refractivity contribution in [2.75, 3.05) is 11.9 Å². The van der Waals surface area contributed by atoms with Gasteiger partial charge < -0.3 is 10.3 Å². The summed E-state index contributed by atoms with van der Waals surface area (Å²) in [6.07, 6.45) is -0.550. The maximum atomic E-state index is 13.6. The van der Waals surface area contributed by atoms with Crippen LogP contribution in [0.5, 0.6) is 0 Å². The molecule has 4 aliphatic rings. The van der Waals surface area contributed by atoms with Crippen LogP contribution in [0.1, 0.15) is 28.3 Å². The van der Waals surface area contributed by atoms with Gasteiger partial charge in [-0.15, -0.1) is 11.8 Å². The third-order valence-electron chi connectivity index (χ3n) is 8.67. The Bertz CT molecular complexity index is 1610. The lowest BCUT2D eigenvalue weighted by atomic mass is 9.68. The molecular weight excluding hydrogens is 565 g/mol. The topological polar surface area (TPSA) is 112 Å². The number of fused-ring (bicyclic) bond motifs is 9. The average molecular weight is 587 g/mol. The summed E-state index contributed by atoms with van der Waals surface area (Å²) >= 11 is 2.70. The first kappa shape index (κ1) is 25.5. The number of carbonyl (C=O) groups is 3. The minimum atomic E-state index is -4.68. The summed E-state index contributed by atoms with van der Waals surface area (Å²) in [4.78, 5) is 61.2. The summed E-state index contributed by atoms with van der Waals surface area (Å²) in [6, 6.07) is 8.36. The largest absolute Gasteiger partial charge is 0.418 e. The number of benzene rings is 1. The summed E-state index contributed by atoms with van der Waals surface area (Å²) in [6.45, 7) is -0.647. The van der Waals surface area contributed by atoms with E-state index in [4.69, 9.17) is 0 Å². The number of pyridine rings is 1. The highest BCUT2D eigenvalue weighted by atomic mass is 32.2. The molecule has 2 aromatic heterocycles. The number of thiazole rings is 1. The monoisotopic (exact) mass is 586 g/mol. The highest BCUT2D eigenvalue weighted by molar-refractivity contribution is 8.00. The van der Waals surface area contributed by atoms with Crippen LogP contribution in [-0.4, -0.2) is 44.4 Å². The number of carbonyl (C=O) groups excluding carboxylic acids is 3. The Morgan fingerprint density at radius 3 is 2.55 bits per heavy atom. The number of halogens is 3. The number of aromatic nitrogens is 2. The molecule has 0 spiro atoms. The Morgan fingerprint density at radius 1 is 1.07 bits per heavy atom. The summed E-state index contributed by atoms with van der Waals surface area (Å²) in [5.74, 6) is -3.42. The summed E-state index contributed by atoms with van der Waals surface area (Å²) in [5, 5.41) is 3.00. The van der Waals surface area contributed by atoms with Crippen LogP contribution < -0.4 is 10.2 Å². The normalized spacial score (nSPS) is 30.3. The van der Waals surface area contributed by atoms with Gasteiger partial charge in [0, 0.05) is 28.4 Å². The van der Waals surface area contributed by atoms with Gasteiger partial charge in [0.15, 0.2) is 0 Å². The van der Waals surface area contributed by atoms with Crippen LogP contribution >= 0.6 is 23.1 Å². The molecule has 40 heavy (non-hydrogen) atoms. The Labute approximate surface area is 233 Å². The van der Waals surface area contributed by atoms with E-state index in [0.29, 0.717) is 6.42 Å². The third-order valence-corrected chi connectivity index (χ3v) is 11.3. The van der Waals surface area contributed by atoms with Crippen molar-refractivity contribution in [3.63, 3.8) is 0 Å². The molecule has 0 radical (unpaired) electrons. The first-order valence-electron chi connectivity index (χ1n) is 12.7. The molecule has 3 fully saturated rings. The highest BCUT2D eigenvalue weighted by Crippen LogP contribution is 2.68. The zero-order valence-electron chi connectivity index (χ0n) is 20.6. The molecule has 2 N–H and O–H groups in total. The maximum absolute atomic E-state index is 13.6. The lowest BCUT2D eigenvalue weighted by molar-refractivity contribution is -0.143. The van der Waals surface area contributed by atoms with Gasteiger partial charge in [-0.2, -0.15) is 13.2 Å². The second-order valence-corrected chi connectivity index (χ2v) is 12.8. The molecule has 2 aliphatic carbocycles. The smallest absolute Gasteiger partial charge is 0.324 e. The molecule has 2 bridgehead atoms. The van der Waals surface area contributed by atoms with Gasteiger partial charge in [-0.3, -0.25) is 29.1 Å². The number of aromatic amines is 1. The molecule has 206 valence electrons. The van der Waals surface area contributed by atoms with E-state index >= 15 is 0 Å². The highest BCUT2D eigenvalue weighted by Gasteiger charge is 2.69. The van der Waals surface area contributed by atoms with Crippen molar-refractivity contribution in [3.05, 3.63) is 74.5 Å². The Balaban J connectivity index is 1.17. The minimum Gasteiger partial charge on any atom is -0.324 e. The van der Waals surface area contributed by atoms with Crippen molar-refractivity contribution in [1.82, 2.24) is 14.9 Å². The number of rotatable bonds is 4. The van der Waals surface area contributed by atoms with Crippen LogP contribution in [0.2, 0.25) is 0 Å². The van der Waals surface area contributed by atoms with Crippen molar-refractivity contribution in [2.45, 2.75) is 28.8 Å². The van der Waals surface area contributed by atoms with Gasteiger partial charge in [0.25, 0.3) is 0 Å². The second kappa shape index (κ2) is 9.03. The van der Waals surface area contributed by atoms with E-state index in [9.17, 15) is 32.3 Å². The fourth-order valence-electron chi connectivity index (χ4n) is 7.34. The van der Waals surface area contributed by atoms with E-state index in [1.807, 2.05) is 12.1 Å². The molecule has 3 amide bonds. The Kier molecular flexibility index (Phi) is 5.76. The zero-order chi connectivity index (χ0) is 27.9. The second-order valence-electron chi connectivity index (χ2n) is 10.6. The molecule has 1 aromatic carbocycles. The molecule has 7 atom stereocenters. The molecule has 13 heteroatoms. The molecule has 2 saturated carbocycles. The van der Waals surface area contributed by atoms with E-state index < -0.39 is 53.5 Å². The standard InChI is InChI=1S/C27H21F3N4O4S2/c28-27(29,30)14-5-1-2-6-15(14)32-16(35)10-34-24(36)19-12-8-13(20(19)25(34)37)21-18(12)17(11-4-3-7-31-9-11)22-23(39-21)33-26(38)40-22/h1-7,9,12-13,17-21H,8,10H2,(H,32,35)(H,33,38)/t12?,13?,17-,18?,19?,20?,21?/m1/s1. The number of imide groups is 1. The first-order valence-corrected chi connectivity index (χ1v) is 14.4. The summed E-state index contributed by atoms with van der Waals surface area (Å²) in [7, 11) is 0. The fourth-order valence-corrected chi connectivity index (χ4v) is 10.2. The SMILES string of the molecule is O=C(CN1C(=O)C2C3CC(C2C1=O)C1C3Sc2[nH]c(=O)sc2[C@@H]1c1cccnc1)Nc1ccccc1C(F)(F)F. The number of hydrogen-bond acceptors (Lipinski definition) is 7. The number of anilines is 1. The summed E-state index contributed by atoms with van der Waals surface area (Å²) in [5.41, 5.74) is -0.499. The van der Waals surface area contributed by atoms with Gasteiger partial charge in [-0.25, -0.2) is 0 Å². The van der Waals surface area contributed by atoms with Crippen LogP contribution in [0.3, 0.4) is 0 Å². The zero-order valence-corrected chi connectivity index (χ0v) is 22.2. The van der Waals surface area contributed by atoms with E-state index in [1.54, 1.807) is 24.2 Å². The predicted octanol–water partition coefficient (Wildman–Crippen LogP) is 3.96. The molecule has 7 rings (SSSR count). The van der Waals surface area contributed by atoms with Crippen molar-refractivity contribution < 1.29 is 27.6 Å². The van der Waals surface area contributed by atoms with E-state index in [1.165, 1.54) is 12.1 Å². The molecule has 3 aromatic rings. The molecule has 2 aliphatic heterocycles. The van der Waals surface area contributed by atoms with Crippen LogP contribution in [-0.2, 0) is 20.6 Å². The molecule has 8 nitrogen and oxygen atoms in total. The Hall–Kier alpha value is -3.45. The number of likely N-dealkylation sites (tertiary alicyclic amines) is 1. The van der Waals surface area contributed by atoms with Gasteiger partial charge in [0.2, 0.25) is 17.7 Å². The van der Waals surface area contributed by atoms with E-state index in [0.717, 1.165) is 43.8 Å². The van der Waals surface area contributed by atoms with Crippen LogP contribution in [0.25, 0.3) is 0 Å². The lowest BCUT2D eigenvalue weighted by Gasteiger charge is -2.42. The molecular formula is C27H21F3N4O4S2. The molecule has 4 heterocycles. The summed E-state index contributed by atoms with van der Waals surface area (Å²) < 4.78 is 40.1. The van der Waals surface area contributed by atoms with Crippen LogP contribution in [0, 0.1) is 29.6 Å². The van der Waals surface area contributed by atoms with Gasteiger partial charge in [-0.05, 0) is 47.9 Å². The lowest BCUT2D eigenvalue weighted by Crippen LogP contribution is -2.42. The van der Waals surface area contributed by atoms with Crippen molar-refractivity contribution >= 4 is 46.5 Å². The molecule has 1 saturated heterocycles. The van der Waals surface area contributed by atoms with Crippen molar-refractivity contribution in [1.29, 1.82) is 0 Å². The number of thioether (sulfide) groups is 1. The maximum Gasteiger partial charge on any atom is 0.418 e. The number of para-hydroxylation sites is 1. The van der Waals surface area contributed by atoms with Crippen LogP contribution in [0.15, 0.2) is 58.6 Å². The van der Waals surface area contributed by atoms with E-state index in [2.05, 4.69) is 15.3 Å². The van der Waals surface area contributed by atoms with Gasteiger partial charge in [0.1, 0.15) is 6.54 Å². The average Bonchev–Trinajstić information content (AvgIpc) is 3.65. The number of nitrogens with one attached hydrogen (secondary N) is 2. The number of H-pyrrole nitrogens is 1. The van der Waals surface area contributed by atoms with Gasteiger partial charge >= 0.3 is 11.0 Å². The van der Waals surface area contributed by atoms with Crippen molar-refractivity contribution in [3.8, 4) is 0 Å². The number of amides is 3. The predicted molar refractivity (Wildman–Crippen MR) is 140 cm³/mol. The van der Waals surface area contributed by atoms with Crippen LogP contribution in [0.4, 0.5) is 18.9 Å². The third kappa shape index (κ3) is 3.77. The Morgan fingerprint density at radius 2 is 1.82 bits per heavy atom. The minimum absolute atomic E-state index is 0.0106. The number of hydrogen-bond donors (Lipinski definition) is 2. The number of nitrogens with zero attached hydrogens (tertiary/aromatic N) is 2. The molecule has 6 unspecified atom stereocenters. The fraction of sp³-hybridized carbons (Fsp3) is 0.370. The van der Waals surface area contributed by atoms with E-state index in [-0.39, 0.29) is 33.8 Å².